The van der Waals surface area contributed by atoms with E-state index in [0.29, 0.717) is 0 Å². The van der Waals surface area contributed by atoms with Crippen molar-refractivity contribution in [3.05, 3.63) is 0 Å². The molecule has 2 N–H and O–H groups in total. The molecule has 1 fully saturated rings. The molecule has 0 heterocycles. The normalized spacial score (nSPS) is 22.3. The molecular formula is C14H29NO. The molecular weight excluding hydrogens is 198 g/mol. The summed E-state index contributed by atoms with van der Waals surface area (Å²) in [6.07, 6.45) is 9.88. The van der Waals surface area contributed by atoms with Gasteiger partial charge in [-0.15, -0.1) is 0 Å². The van der Waals surface area contributed by atoms with E-state index >= 15 is 0 Å². The van der Waals surface area contributed by atoms with Gasteiger partial charge in [-0.05, 0) is 25.2 Å². The standard InChI is InChI=1S/C14H29NO/c1-12(2)8-7-9-13(15)14(16-3)10-5-4-6-11-14/h12-13H,4-11,15H2,1-3H3. The zero-order valence-electron chi connectivity index (χ0n) is 11.3. The molecule has 2 nitrogen and oxygen atoms in total. The predicted molar refractivity (Wildman–Crippen MR) is 69.5 cm³/mol. The number of hydrogen-bond acceptors (Lipinski definition) is 2. The molecule has 16 heavy (non-hydrogen) atoms. The number of ether oxygens (including phenoxy) is 1. The van der Waals surface area contributed by atoms with Crippen LogP contribution in [-0.2, 0) is 4.74 Å². The Morgan fingerprint density at radius 1 is 1.12 bits per heavy atom. The van der Waals surface area contributed by atoms with Gasteiger partial charge in [0.15, 0.2) is 0 Å². The third-order valence-electron chi connectivity index (χ3n) is 4.08. The first-order valence-corrected chi connectivity index (χ1v) is 6.91. The summed E-state index contributed by atoms with van der Waals surface area (Å²) in [5.41, 5.74) is 6.35. The second-order valence-corrected chi connectivity index (χ2v) is 5.76. The van der Waals surface area contributed by atoms with Crippen molar-refractivity contribution in [2.75, 3.05) is 7.11 Å². The van der Waals surface area contributed by atoms with Crippen molar-refractivity contribution >= 4 is 0 Å². The van der Waals surface area contributed by atoms with E-state index in [1.54, 1.807) is 0 Å². The van der Waals surface area contributed by atoms with Crippen molar-refractivity contribution in [1.82, 2.24) is 0 Å². The van der Waals surface area contributed by atoms with Crippen molar-refractivity contribution in [1.29, 1.82) is 0 Å². The summed E-state index contributed by atoms with van der Waals surface area (Å²) in [4.78, 5) is 0. The van der Waals surface area contributed by atoms with Gasteiger partial charge >= 0.3 is 0 Å². The van der Waals surface area contributed by atoms with E-state index < -0.39 is 0 Å². The molecule has 1 rings (SSSR count). The maximum atomic E-state index is 6.36. The summed E-state index contributed by atoms with van der Waals surface area (Å²) in [5.74, 6) is 0.789. The summed E-state index contributed by atoms with van der Waals surface area (Å²) in [6, 6.07) is 0.233. The molecule has 0 bridgehead atoms. The lowest BCUT2D eigenvalue weighted by molar-refractivity contribution is -0.0606. The van der Waals surface area contributed by atoms with Gasteiger partial charge in [-0.2, -0.15) is 0 Å². The number of nitrogens with two attached hydrogens (primary N) is 1. The van der Waals surface area contributed by atoms with Crippen molar-refractivity contribution in [3.8, 4) is 0 Å². The van der Waals surface area contributed by atoms with Gasteiger partial charge in [0, 0.05) is 13.2 Å². The van der Waals surface area contributed by atoms with Gasteiger partial charge in [0.2, 0.25) is 0 Å². The zero-order chi connectivity index (χ0) is 12.0. The van der Waals surface area contributed by atoms with E-state index in [2.05, 4.69) is 13.8 Å². The molecule has 1 saturated carbocycles. The van der Waals surface area contributed by atoms with Gasteiger partial charge in [-0.1, -0.05) is 46.0 Å². The van der Waals surface area contributed by atoms with Crippen molar-refractivity contribution in [2.24, 2.45) is 11.7 Å². The third-order valence-corrected chi connectivity index (χ3v) is 4.08. The van der Waals surface area contributed by atoms with Crippen LogP contribution < -0.4 is 5.73 Å². The molecule has 96 valence electrons. The lowest BCUT2D eigenvalue weighted by Gasteiger charge is -2.41. The molecule has 1 unspecified atom stereocenters. The van der Waals surface area contributed by atoms with Gasteiger partial charge in [-0.3, -0.25) is 0 Å². The van der Waals surface area contributed by atoms with Gasteiger partial charge in [-0.25, -0.2) is 0 Å². The first-order chi connectivity index (χ1) is 7.60. The molecule has 2 heteroatoms. The summed E-state index contributed by atoms with van der Waals surface area (Å²) in [6.45, 7) is 4.55. The van der Waals surface area contributed by atoms with Crippen molar-refractivity contribution < 1.29 is 4.74 Å². The summed E-state index contributed by atoms with van der Waals surface area (Å²) in [7, 11) is 1.84. The molecule has 1 aliphatic carbocycles. The van der Waals surface area contributed by atoms with E-state index in [-0.39, 0.29) is 11.6 Å². The van der Waals surface area contributed by atoms with E-state index in [9.17, 15) is 0 Å². The molecule has 0 aromatic heterocycles. The highest BCUT2D eigenvalue weighted by Gasteiger charge is 2.37. The highest BCUT2D eigenvalue weighted by atomic mass is 16.5. The smallest absolute Gasteiger partial charge is 0.0828 e. The minimum atomic E-state index is -0.00473. The van der Waals surface area contributed by atoms with E-state index in [1.807, 2.05) is 7.11 Å². The fourth-order valence-corrected chi connectivity index (χ4v) is 2.89. The van der Waals surface area contributed by atoms with Crippen LogP contribution in [0, 0.1) is 5.92 Å². The third kappa shape index (κ3) is 3.74. The van der Waals surface area contributed by atoms with Crippen LogP contribution >= 0.6 is 0 Å². The van der Waals surface area contributed by atoms with Gasteiger partial charge in [0.25, 0.3) is 0 Å². The Bertz CT molecular complexity index is 185. The van der Waals surface area contributed by atoms with Crippen molar-refractivity contribution in [2.45, 2.75) is 76.9 Å². The van der Waals surface area contributed by atoms with Crippen LogP contribution in [0.5, 0.6) is 0 Å². The minimum absolute atomic E-state index is 0.00473. The van der Waals surface area contributed by atoms with E-state index in [1.165, 1.54) is 32.1 Å². The molecule has 0 amide bonds. The quantitative estimate of drug-likeness (QED) is 0.754. The van der Waals surface area contributed by atoms with Crippen LogP contribution in [0.25, 0.3) is 0 Å². The minimum Gasteiger partial charge on any atom is -0.377 e. The Labute approximate surface area is 101 Å². The molecule has 0 radical (unpaired) electrons. The molecule has 0 aliphatic heterocycles. The lowest BCUT2D eigenvalue weighted by atomic mass is 9.77. The number of hydrogen-bond donors (Lipinski definition) is 1. The highest BCUT2D eigenvalue weighted by molar-refractivity contribution is 4.93. The number of methoxy groups -OCH3 is 1. The van der Waals surface area contributed by atoms with Crippen molar-refractivity contribution in [3.63, 3.8) is 0 Å². The van der Waals surface area contributed by atoms with Crippen LogP contribution in [0.4, 0.5) is 0 Å². The Morgan fingerprint density at radius 3 is 2.25 bits per heavy atom. The highest BCUT2D eigenvalue weighted by Crippen LogP contribution is 2.34. The maximum Gasteiger partial charge on any atom is 0.0828 e. The Hall–Kier alpha value is -0.0800. The molecule has 1 atom stereocenters. The Balaban J connectivity index is 2.39. The topological polar surface area (TPSA) is 35.2 Å². The Morgan fingerprint density at radius 2 is 1.75 bits per heavy atom. The average molecular weight is 227 g/mol. The SMILES string of the molecule is COC1(C(N)CCCC(C)C)CCCCC1. The first-order valence-electron chi connectivity index (χ1n) is 6.91. The van der Waals surface area contributed by atoms with Crippen LogP contribution in [0.1, 0.15) is 65.2 Å². The van der Waals surface area contributed by atoms with Crippen LogP contribution in [0.2, 0.25) is 0 Å². The van der Waals surface area contributed by atoms with Gasteiger partial charge < -0.3 is 10.5 Å². The first kappa shape index (κ1) is 14.0. The molecule has 1 aliphatic rings. The largest absolute Gasteiger partial charge is 0.377 e. The molecule has 0 aromatic rings. The molecule has 0 aromatic carbocycles. The zero-order valence-corrected chi connectivity index (χ0v) is 11.3. The van der Waals surface area contributed by atoms with Gasteiger partial charge in [0.1, 0.15) is 0 Å². The second kappa shape index (κ2) is 6.61. The summed E-state index contributed by atoms with van der Waals surface area (Å²) < 4.78 is 5.77. The summed E-state index contributed by atoms with van der Waals surface area (Å²) in [5, 5.41) is 0. The monoisotopic (exact) mass is 227 g/mol. The molecule has 0 spiro atoms. The fraction of sp³-hybridized carbons (Fsp3) is 1.00. The lowest BCUT2D eigenvalue weighted by Crippen LogP contribution is -2.50. The van der Waals surface area contributed by atoms with Crippen LogP contribution in [0.15, 0.2) is 0 Å². The van der Waals surface area contributed by atoms with Gasteiger partial charge in [0.05, 0.1) is 5.60 Å². The Kier molecular flexibility index (Phi) is 5.77. The predicted octanol–water partition coefficient (Wildman–Crippen LogP) is 3.49. The summed E-state index contributed by atoms with van der Waals surface area (Å²) >= 11 is 0. The van der Waals surface area contributed by atoms with E-state index in [0.717, 1.165) is 25.2 Å². The average Bonchev–Trinajstić information content (AvgIpc) is 2.29. The fourth-order valence-electron chi connectivity index (χ4n) is 2.89. The number of rotatable bonds is 6. The maximum absolute atomic E-state index is 6.36. The molecule has 0 saturated heterocycles. The van der Waals surface area contributed by atoms with E-state index in [4.69, 9.17) is 10.5 Å². The van der Waals surface area contributed by atoms with Crippen LogP contribution in [-0.4, -0.2) is 18.8 Å². The van der Waals surface area contributed by atoms with Crippen LogP contribution in [0.3, 0.4) is 0 Å². The second-order valence-electron chi connectivity index (χ2n) is 5.76.